The van der Waals surface area contributed by atoms with Crippen molar-refractivity contribution in [3.63, 3.8) is 0 Å². The van der Waals surface area contributed by atoms with Crippen LogP contribution < -0.4 is 0 Å². The van der Waals surface area contributed by atoms with Gasteiger partial charge in [0, 0.05) is 13.5 Å². The Kier molecular flexibility index (Phi) is 8.69. The second kappa shape index (κ2) is 9.66. The molecule has 1 heterocycles. The molecule has 0 amide bonds. The van der Waals surface area contributed by atoms with Crippen molar-refractivity contribution in [2.75, 3.05) is 32.3 Å². The maximum Gasteiger partial charge on any atom is 0.303 e. The van der Waals surface area contributed by atoms with Gasteiger partial charge < -0.3 is 14.2 Å². The van der Waals surface area contributed by atoms with E-state index < -0.39 is 63.2 Å². The van der Waals surface area contributed by atoms with Gasteiger partial charge in [0.1, 0.15) is 38.9 Å². The molecule has 3 atom stereocenters. The van der Waals surface area contributed by atoms with Gasteiger partial charge >= 0.3 is 5.97 Å². The van der Waals surface area contributed by atoms with Crippen LogP contribution in [0.25, 0.3) is 0 Å². The van der Waals surface area contributed by atoms with Crippen molar-refractivity contribution < 1.29 is 44.2 Å². The summed E-state index contributed by atoms with van der Waals surface area (Å²) in [6.07, 6.45) is 0.878. The molecule has 1 fully saturated rings. The van der Waals surface area contributed by atoms with Gasteiger partial charge in [-0.25, -0.2) is 0 Å². The number of unbranched alkanes of at least 4 members (excludes halogenated alkanes) is 1. The number of rotatable bonds is 11. The second-order valence-electron chi connectivity index (χ2n) is 6.30. The first-order valence-electron chi connectivity index (χ1n) is 8.20. The molecule has 0 bridgehead atoms. The Bertz CT molecular complexity index is 669. The monoisotopic (exact) mass is 428 g/mol. The summed E-state index contributed by atoms with van der Waals surface area (Å²) in [4.78, 5) is 11.4. The maximum atomic E-state index is 11.4. The van der Waals surface area contributed by atoms with Gasteiger partial charge in [-0.2, -0.15) is 16.8 Å². The first-order chi connectivity index (χ1) is 12.3. The van der Waals surface area contributed by atoms with Crippen molar-refractivity contribution in [2.45, 2.75) is 50.5 Å². The molecule has 0 aliphatic carbocycles. The molecule has 1 rings (SSSR count). The highest BCUT2D eigenvalue weighted by Crippen LogP contribution is 2.36. The molecule has 0 saturated carbocycles. The van der Waals surface area contributed by atoms with Gasteiger partial charge in [-0.3, -0.25) is 13.2 Å². The number of ether oxygens (including phenoxy) is 3. The van der Waals surface area contributed by atoms with E-state index in [1.807, 2.05) is 6.92 Å². The average molecular weight is 428 g/mol. The summed E-state index contributed by atoms with van der Waals surface area (Å²) >= 11 is 0. The van der Waals surface area contributed by atoms with Crippen LogP contribution in [-0.2, 0) is 47.6 Å². The summed E-state index contributed by atoms with van der Waals surface area (Å²) in [6.45, 7) is 2.04. The lowest BCUT2D eigenvalue weighted by Crippen LogP contribution is -2.53. The van der Waals surface area contributed by atoms with Crippen molar-refractivity contribution in [1.29, 1.82) is 0 Å². The van der Waals surface area contributed by atoms with Gasteiger partial charge in [0.25, 0.3) is 20.2 Å². The van der Waals surface area contributed by atoms with Crippen molar-refractivity contribution in [3.05, 3.63) is 0 Å². The van der Waals surface area contributed by atoms with E-state index >= 15 is 0 Å². The number of carbonyl (C=O) groups excluding carboxylic acids is 1. The van der Waals surface area contributed by atoms with Crippen LogP contribution in [0.3, 0.4) is 0 Å². The average Bonchev–Trinajstić information content (AvgIpc) is 2.75. The molecule has 156 valence electrons. The Morgan fingerprint density at radius 2 is 1.63 bits per heavy atom. The number of esters is 1. The van der Waals surface area contributed by atoms with E-state index in [2.05, 4.69) is 0 Å². The lowest BCUT2D eigenvalue weighted by molar-refractivity contribution is -0.158. The normalized spacial score (nSPS) is 25.4. The van der Waals surface area contributed by atoms with Gasteiger partial charge in [0.15, 0.2) is 0 Å². The summed E-state index contributed by atoms with van der Waals surface area (Å²) < 4.78 is 71.9. The van der Waals surface area contributed by atoms with Gasteiger partial charge in [-0.15, -0.1) is 0 Å². The topological polar surface area (TPSA) is 132 Å². The smallest absolute Gasteiger partial charge is 0.303 e. The minimum Gasteiger partial charge on any atom is -0.458 e. The summed E-state index contributed by atoms with van der Waals surface area (Å²) in [7, 11) is -1.91. The second-order valence-corrected chi connectivity index (χ2v) is 9.59. The van der Waals surface area contributed by atoms with E-state index in [1.54, 1.807) is 0 Å². The molecule has 1 saturated heterocycles. The van der Waals surface area contributed by atoms with Crippen LogP contribution in [0, 0.1) is 0 Å². The number of hydrogen-bond acceptors (Lipinski definition) is 10. The molecular weight excluding hydrogens is 403 g/mol. The molecule has 2 radical (unpaired) electrons. The Morgan fingerprint density at radius 3 is 2.04 bits per heavy atom. The highest BCUT2D eigenvalue weighted by atomic mass is 32.2. The molecule has 0 unspecified atom stereocenters. The van der Waals surface area contributed by atoms with Crippen LogP contribution in [0.2, 0.25) is 0 Å². The minimum atomic E-state index is -3.90. The summed E-state index contributed by atoms with van der Waals surface area (Å²) in [5.41, 5.74) is -1.72. The molecule has 1 aliphatic heterocycles. The molecule has 0 N–H and O–H groups in total. The van der Waals surface area contributed by atoms with E-state index in [0.717, 1.165) is 25.9 Å². The molecule has 1 aliphatic rings. The molecular formula is C14H25BO10S2. The van der Waals surface area contributed by atoms with Crippen LogP contribution in [0.1, 0.15) is 26.7 Å². The Balaban J connectivity index is 3.22. The standard InChI is InChI=1S/C14H25BO10S2/c1-5-6-7-21-12-11(24-10(2)16)13(15)25-14(12,8-22-26(3,17)18)9-23-27(4,19)20/h11-13H,5-9H2,1-4H3/t11-,12+,13-/m1/s1. The summed E-state index contributed by atoms with van der Waals surface area (Å²) in [5, 5.41) is 0. The van der Waals surface area contributed by atoms with Crippen molar-refractivity contribution >= 4 is 34.1 Å². The Hall–Kier alpha value is -0.725. The molecule has 0 aromatic rings. The quantitative estimate of drug-likeness (QED) is 0.180. The van der Waals surface area contributed by atoms with Crippen LogP contribution in [0.5, 0.6) is 0 Å². The Labute approximate surface area is 161 Å². The van der Waals surface area contributed by atoms with E-state index in [0.29, 0.717) is 6.42 Å². The van der Waals surface area contributed by atoms with Gasteiger partial charge in [0.2, 0.25) is 0 Å². The van der Waals surface area contributed by atoms with Crippen LogP contribution >= 0.6 is 0 Å². The van der Waals surface area contributed by atoms with E-state index in [-0.39, 0.29) is 6.61 Å². The lowest BCUT2D eigenvalue weighted by atomic mass is 9.89. The van der Waals surface area contributed by atoms with E-state index in [4.69, 9.17) is 30.4 Å². The van der Waals surface area contributed by atoms with E-state index in [1.165, 1.54) is 0 Å². The maximum absolute atomic E-state index is 11.4. The molecule has 13 heteroatoms. The largest absolute Gasteiger partial charge is 0.458 e. The predicted octanol–water partition coefficient (Wildman–Crippen LogP) is -0.681. The number of carbonyl (C=O) groups is 1. The zero-order chi connectivity index (χ0) is 20.9. The predicted molar refractivity (Wildman–Crippen MR) is 95.2 cm³/mol. The van der Waals surface area contributed by atoms with Crippen molar-refractivity contribution in [1.82, 2.24) is 0 Å². The summed E-state index contributed by atoms with van der Waals surface area (Å²) in [6, 6.07) is -1.20. The fourth-order valence-corrected chi connectivity index (χ4v) is 3.31. The van der Waals surface area contributed by atoms with Gasteiger partial charge in [-0.05, 0) is 6.42 Å². The molecule has 0 aromatic carbocycles. The first kappa shape index (κ1) is 24.3. The Morgan fingerprint density at radius 1 is 1.11 bits per heavy atom. The molecule has 0 aromatic heterocycles. The minimum absolute atomic E-state index is 0.217. The van der Waals surface area contributed by atoms with Gasteiger partial charge in [0.05, 0.1) is 18.5 Å². The zero-order valence-corrected chi connectivity index (χ0v) is 17.4. The first-order valence-corrected chi connectivity index (χ1v) is 11.8. The fourth-order valence-electron chi connectivity index (χ4n) is 2.49. The van der Waals surface area contributed by atoms with Crippen LogP contribution in [-0.4, -0.2) is 86.8 Å². The SMILES string of the molecule is [B][C@@H]1OC(COS(C)(=O)=O)(COS(C)(=O)=O)[C@@H](OCCCC)[C@H]1OC(C)=O. The number of hydrogen-bond donors (Lipinski definition) is 0. The third-order valence-corrected chi connectivity index (χ3v) is 4.74. The van der Waals surface area contributed by atoms with E-state index in [9.17, 15) is 21.6 Å². The van der Waals surface area contributed by atoms with Crippen LogP contribution in [0.15, 0.2) is 0 Å². The zero-order valence-electron chi connectivity index (χ0n) is 15.7. The van der Waals surface area contributed by atoms with Crippen LogP contribution in [0.4, 0.5) is 0 Å². The molecule has 27 heavy (non-hydrogen) atoms. The highest BCUT2D eigenvalue weighted by Gasteiger charge is 2.57. The molecule has 10 nitrogen and oxygen atoms in total. The fraction of sp³-hybridized carbons (Fsp3) is 0.929. The molecule has 0 spiro atoms. The van der Waals surface area contributed by atoms with Crippen molar-refractivity contribution in [2.24, 2.45) is 0 Å². The third kappa shape index (κ3) is 8.04. The third-order valence-electron chi connectivity index (χ3n) is 3.64. The van der Waals surface area contributed by atoms with Gasteiger partial charge in [-0.1, -0.05) is 13.3 Å². The lowest BCUT2D eigenvalue weighted by Gasteiger charge is -2.34. The van der Waals surface area contributed by atoms with Crippen molar-refractivity contribution in [3.8, 4) is 0 Å². The summed E-state index contributed by atoms with van der Waals surface area (Å²) in [5.74, 6) is -0.660. The highest BCUT2D eigenvalue weighted by molar-refractivity contribution is 7.86.